The first-order valence-corrected chi connectivity index (χ1v) is 5.96. The number of hydrogen-bond donors (Lipinski definition) is 2. The van der Waals surface area contributed by atoms with E-state index < -0.39 is 0 Å². The number of halogens is 1. The highest BCUT2D eigenvalue weighted by Gasteiger charge is 2.02. The molecule has 0 radical (unpaired) electrons. The molecule has 96 valence electrons. The number of ether oxygens (including phenoxy) is 1. The molecule has 0 aliphatic heterocycles. The van der Waals surface area contributed by atoms with Gasteiger partial charge in [-0.15, -0.1) is 0 Å². The van der Waals surface area contributed by atoms with Gasteiger partial charge in [0.05, 0.1) is 5.69 Å². The number of nitrogen functional groups attached to an aromatic ring is 1. The molecule has 0 unspecified atom stereocenters. The molecule has 0 saturated carbocycles. The van der Waals surface area contributed by atoms with Gasteiger partial charge in [0.25, 0.3) is 0 Å². The van der Waals surface area contributed by atoms with Crippen LogP contribution in [-0.4, -0.2) is 4.98 Å². The zero-order valence-corrected chi connectivity index (χ0v) is 10.2. The molecule has 0 amide bonds. The summed E-state index contributed by atoms with van der Waals surface area (Å²) in [5.41, 5.74) is 8.38. The Kier molecular flexibility index (Phi) is 2.83. The molecule has 0 atom stereocenters. The predicted molar refractivity (Wildman–Crippen MR) is 73.4 cm³/mol. The van der Waals surface area contributed by atoms with Crippen molar-refractivity contribution in [1.29, 1.82) is 0 Å². The van der Waals surface area contributed by atoms with E-state index in [1.807, 2.05) is 24.3 Å². The lowest BCUT2D eigenvalue weighted by Crippen LogP contribution is -1.95. The third kappa shape index (κ3) is 2.52. The number of hydrogen-bond acceptors (Lipinski definition) is 2. The number of H-pyrrole nitrogens is 1. The van der Waals surface area contributed by atoms with Crippen LogP contribution in [0.4, 0.5) is 10.1 Å². The fourth-order valence-corrected chi connectivity index (χ4v) is 1.97. The van der Waals surface area contributed by atoms with Gasteiger partial charge in [0.1, 0.15) is 18.2 Å². The van der Waals surface area contributed by atoms with Gasteiger partial charge in [-0.3, -0.25) is 0 Å². The van der Waals surface area contributed by atoms with E-state index in [1.165, 1.54) is 12.1 Å². The van der Waals surface area contributed by atoms with Crippen molar-refractivity contribution in [2.75, 3.05) is 5.73 Å². The first-order chi connectivity index (χ1) is 9.20. The first-order valence-electron chi connectivity index (χ1n) is 5.96. The molecule has 3 nitrogen and oxygen atoms in total. The second kappa shape index (κ2) is 4.65. The van der Waals surface area contributed by atoms with Crippen LogP contribution >= 0.6 is 0 Å². The molecule has 3 N–H and O–H groups in total. The summed E-state index contributed by atoms with van der Waals surface area (Å²) in [6, 6.07) is 13.7. The Morgan fingerprint density at radius 1 is 1.05 bits per heavy atom. The quantitative estimate of drug-likeness (QED) is 0.705. The van der Waals surface area contributed by atoms with E-state index in [9.17, 15) is 4.39 Å². The average Bonchev–Trinajstić information content (AvgIpc) is 2.80. The number of benzene rings is 2. The first kappa shape index (κ1) is 11.6. The van der Waals surface area contributed by atoms with Crippen LogP contribution in [0.25, 0.3) is 10.9 Å². The van der Waals surface area contributed by atoms with E-state index in [0.29, 0.717) is 12.4 Å². The highest BCUT2D eigenvalue weighted by atomic mass is 19.1. The number of aromatic amines is 1. The standard InChI is InChI=1S/C15H13FN2O/c16-11-2-5-14(6-3-11)19-9-13-7-10-1-4-12(17)8-15(10)18-13/h1-8,18H,9,17H2. The molecule has 1 heterocycles. The van der Waals surface area contributed by atoms with Gasteiger partial charge < -0.3 is 15.5 Å². The summed E-state index contributed by atoms with van der Waals surface area (Å²) in [6.07, 6.45) is 0. The van der Waals surface area contributed by atoms with Crippen LogP contribution in [0.2, 0.25) is 0 Å². The molecular weight excluding hydrogens is 243 g/mol. The van der Waals surface area contributed by atoms with Gasteiger partial charge in [-0.25, -0.2) is 4.39 Å². The van der Waals surface area contributed by atoms with Crippen LogP contribution in [0, 0.1) is 5.82 Å². The maximum Gasteiger partial charge on any atom is 0.128 e. The lowest BCUT2D eigenvalue weighted by atomic mass is 10.2. The Labute approximate surface area is 109 Å². The molecule has 0 bridgehead atoms. The van der Waals surface area contributed by atoms with Crippen LogP contribution in [0.3, 0.4) is 0 Å². The predicted octanol–water partition coefficient (Wildman–Crippen LogP) is 3.47. The van der Waals surface area contributed by atoms with E-state index in [2.05, 4.69) is 4.98 Å². The van der Waals surface area contributed by atoms with Crippen LogP contribution in [-0.2, 0) is 6.61 Å². The summed E-state index contributed by atoms with van der Waals surface area (Å²) < 4.78 is 18.3. The van der Waals surface area contributed by atoms with E-state index in [1.54, 1.807) is 12.1 Å². The summed E-state index contributed by atoms with van der Waals surface area (Å²) in [4.78, 5) is 3.24. The largest absolute Gasteiger partial charge is 0.487 e. The van der Waals surface area contributed by atoms with E-state index >= 15 is 0 Å². The monoisotopic (exact) mass is 256 g/mol. The molecule has 2 aromatic carbocycles. The van der Waals surface area contributed by atoms with Crippen molar-refractivity contribution in [3.05, 3.63) is 60.0 Å². The molecule has 1 aromatic heterocycles. The minimum atomic E-state index is -0.270. The van der Waals surface area contributed by atoms with Gasteiger partial charge in [0, 0.05) is 11.2 Å². The zero-order chi connectivity index (χ0) is 13.2. The lowest BCUT2D eigenvalue weighted by molar-refractivity contribution is 0.302. The molecule has 0 saturated heterocycles. The van der Waals surface area contributed by atoms with Gasteiger partial charge in [0.15, 0.2) is 0 Å². The van der Waals surface area contributed by atoms with E-state index in [0.717, 1.165) is 22.3 Å². The Morgan fingerprint density at radius 3 is 2.63 bits per heavy atom. The number of nitrogens with two attached hydrogens (primary N) is 1. The van der Waals surface area contributed by atoms with Crippen LogP contribution in [0.5, 0.6) is 5.75 Å². The average molecular weight is 256 g/mol. The summed E-state index contributed by atoms with van der Waals surface area (Å²) >= 11 is 0. The second-order valence-corrected chi connectivity index (χ2v) is 4.38. The molecule has 3 rings (SSSR count). The Hall–Kier alpha value is -2.49. The maximum atomic E-state index is 12.8. The van der Waals surface area contributed by atoms with Crippen molar-refractivity contribution >= 4 is 16.6 Å². The Balaban J connectivity index is 1.76. The van der Waals surface area contributed by atoms with Crippen molar-refractivity contribution in [3.8, 4) is 5.75 Å². The van der Waals surface area contributed by atoms with Crippen LogP contribution < -0.4 is 10.5 Å². The number of fused-ring (bicyclic) bond motifs is 1. The van der Waals surface area contributed by atoms with Gasteiger partial charge in [0.2, 0.25) is 0 Å². The van der Waals surface area contributed by atoms with Gasteiger partial charge in [-0.05, 0) is 47.9 Å². The number of rotatable bonds is 3. The fourth-order valence-electron chi connectivity index (χ4n) is 1.97. The summed E-state index contributed by atoms with van der Waals surface area (Å²) in [5, 5.41) is 1.09. The zero-order valence-electron chi connectivity index (χ0n) is 10.2. The minimum absolute atomic E-state index is 0.270. The number of aromatic nitrogens is 1. The fraction of sp³-hybridized carbons (Fsp3) is 0.0667. The summed E-state index contributed by atoms with van der Waals surface area (Å²) in [7, 11) is 0. The summed E-state index contributed by atoms with van der Waals surface area (Å²) in [5.74, 6) is 0.369. The lowest BCUT2D eigenvalue weighted by Gasteiger charge is -2.03. The van der Waals surface area contributed by atoms with Gasteiger partial charge in [-0.1, -0.05) is 6.07 Å². The number of anilines is 1. The highest BCUT2D eigenvalue weighted by molar-refractivity contribution is 5.83. The molecular formula is C15H13FN2O. The van der Waals surface area contributed by atoms with Gasteiger partial charge in [-0.2, -0.15) is 0 Å². The number of nitrogens with one attached hydrogen (secondary N) is 1. The Bertz CT molecular complexity index is 704. The molecule has 3 aromatic rings. The summed E-state index contributed by atoms with van der Waals surface area (Å²) in [6.45, 7) is 0.403. The SMILES string of the molecule is Nc1ccc2cc(COc3ccc(F)cc3)[nH]c2c1. The van der Waals surface area contributed by atoms with Crippen LogP contribution in [0.15, 0.2) is 48.5 Å². The molecule has 0 aliphatic carbocycles. The second-order valence-electron chi connectivity index (χ2n) is 4.38. The topological polar surface area (TPSA) is 51.0 Å². The molecule has 0 spiro atoms. The highest BCUT2D eigenvalue weighted by Crippen LogP contribution is 2.19. The minimum Gasteiger partial charge on any atom is -0.487 e. The van der Waals surface area contributed by atoms with Crippen molar-refractivity contribution in [1.82, 2.24) is 4.98 Å². The molecule has 4 heteroatoms. The molecule has 0 fully saturated rings. The maximum absolute atomic E-state index is 12.8. The molecule has 19 heavy (non-hydrogen) atoms. The van der Waals surface area contributed by atoms with Crippen LogP contribution in [0.1, 0.15) is 5.69 Å². The smallest absolute Gasteiger partial charge is 0.128 e. The van der Waals surface area contributed by atoms with Crippen molar-refractivity contribution in [2.24, 2.45) is 0 Å². The normalized spacial score (nSPS) is 10.8. The third-order valence-corrected chi connectivity index (χ3v) is 2.91. The van der Waals surface area contributed by atoms with E-state index in [-0.39, 0.29) is 5.82 Å². The van der Waals surface area contributed by atoms with Crippen molar-refractivity contribution in [3.63, 3.8) is 0 Å². The molecule has 0 aliphatic rings. The van der Waals surface area contributed by atoms with Crippen molar-refractivity contribution < 1.29 is 9.13 Å². The van der Waals surface area contributed by atoms with Gasteiger partial charge >= 0.3 is 0 Å². The van der Waals surface area contributed by atoms with E-state index in [4.69, 9.17) is 10.5 Å². The third-order valence-electron chi connectivity index (χ3n) is 2.91. The Morgan fingerprint density at radius 2 is 1.84 bits per heavy atom. The van der Waals surface area contributed by atoms with Crippen molar-refractivity contribution in [2.45, 2.75) is 6.61 Å².